The molecule has 2 aromatic rings. The van der Waals surface area contributed by atoms with Crippen LogP contribution in [0.5, 0.6) is 5.75 Å². The van der Waals surface area contributed by atoms with Gasteiger partial charge in [0.25, 0.3) is 5.91 Å². The Morgan fingerprint density at radius 2 is 1.97 bits per heavy atom. The van der Waals surface area contributed by atoms with E-state index in [1.54, 1.807) is 0 Å². The van der Waals surface area contributed by atoms with Crippen LogP contribution >= 0.6 is 11.8 Å². The molecule has 0 bridgehead atoms. The molecular formula is C25H27FN2O3S. The van der Waals surface area contributed by atoms with Crippen molar-refractivity contribution in [2.75, 3.05) is 26.3 Å². The summed E-state index contributed by atoms with van der Waals surface area (Å²) in [7, 11) is 0. The van der Waals surface area contributed by atoms with E-state index in [1.165, 1.54) is 17.8 Å². The highest BCUT2D eigenvalue weighted by atomic mass is 32.2. The second kappa shape index (κ2) is 9.08. The van der Waals surface area contributed by atoms with Gasteiger partial charge < -0.3 is 14.7 Å². The molecule has 32 heavy (non-hydrogen) atoms. The van der Waals surface area contributed by atoms with Crippen LogP contribution in [0.15, 0.2) is 46.3 Å². The van der Waals surface area contributed by atoms with Crippen LogP contribution in [0.4, 0.5) is 4.39 Å². The number of morpholine rings is 1. The molecule has 1 fully saturated rings. The maximum absolute atomic E-state index is 14.6. The Morgan fingerprint density at radius 3 is 2.69 bits per heavy atom. The highest BCUT2D eigenvalue weighted by Gasteiger charge is 2.27. The molecule has 4 rings (SSSR count). The topological polar surface area (TPSA) is 62.1 Å². The molecule has 2 aliphatic heterocycles. The molecule has 7 heteroatoms. The summed E-state index contributed by atoms with van der Waals surface area (Å²) in [5.41, 5.74) is 2.56. The van der Waals surface area contributed by atoms with E-state index >= 15 is 0 Å². The Morgan fingerprint density at radius 1 is 1.22 bits per heavy atom. The molecule has 0 atom stereocenters. The van der Waals surface area contributed by atoms with E-state index in [0.29, 0.717) is 34.4 Å². The van der Waals surface area contributed by atoms with E-state index in [-0.39, 0.29) is 17.1 Å². The van der Waals surface area contributed by atoms with E-state index < -0.39 is 5.82 Å². The van der Waals surface area contributed by atoms with Gasteiger partial charge in [-0.1, -0.05) is 39.0 Å². The number of phenolic OH excluding ortho intramolecular Hbond substituents is 1. The van der Waals surface area contributed by atoms with Crippen LogP contribution in [0.25, 0.3) is 17.2 Å². The number of thioether (sulfide) groups is 1. The van der Waals surface area contributed by atoms with Gasteiger partial charge in [-0.25, -0.2) is 4.39 Å². The molecule has 0 radical (unpaired) electrons. The zero-order valence-electron chi connectivity index (χ0n) is 18.5. The number of benzene rings is 2. The normalized spacial score (nSPS) is 18.4. The number of carbonyl (C=O) groups is 1. The van der Waals surface area contributed by atoms with Gasteiger partial charge >= 0.3 is 0 Å². The van der Waals surface area contributed by atoms with Crippen LogP contribution in [0.1, 0.15) is 38.3 Å². The van der Waals surface area contributed by atoms with Gasteiger partial charge in [-0.05, 0) is 64.6 Å². The average Bonchev–Trinajstić information content (AvgIpc) is 3.16. The molecule has 1 saturated heterocycles. The lowest BCUT2D eigenvalue weighted by molar-refractivity contribution is -0.113. The van der Waals surface area contributed by atoms with Crippen molar-refractivity contribution in [1.29, 1.82) is 0 Å². The number of amidine groups is 1. The van der Waals surface area contributed by atoms with E-state index in [1.807, 2.05) is 57.2 Å². The molecule has 0 spiro atoms. The van der Waals surface area contributed by atoms with Gasteiger partial charge in [0.15, 0.2) is 16.7 Å². The van der Waals surface area contributed by atoms with Crippen LogP contribution < -0.4 is 0 Å². The average molecular weight is 455 g/mol. The van der Waals surface area contributed by atoms with Crippen LogP contribution in [0.2, 0.25) is 0 Å². The lowest BCUT2D eigenvalue weighted by atomic mass is 9.80. The maximum atomic E-state index is 14.6. The minimum absolute atomic E-state index is 0.246. The number of hydrogen-bond acceptors (Lipinski definition) is 5. The summed E-state index contributed by atoms with van der Waals surface area (Å²) >= 11 is 1.37. The predicted molar refractivity (Wildman–Crippen MR) is 127 cm³/mol. The molecule has 0 aliphatic carbocycles. The number of phenols is 1. The summed E-state index contributed by atoms with van der Waals surface area (Å²) in [6.07, 6.45) is 2.58. The molecule has 5 nitrogen and oxygen atoms in total. The molecule has 2 aliphatic rings. The number of rotatable bonds is 4. The summed E-state index contributed by atoms with van der Waals surface area (Å²) in [6, 6.07) is 10.8. The zero-order valence-corrected chi connectivity index (χ0v) is 19.3. The van der Waals surface area contributed by atoms with Gasteiger partial charge in [0, 0.05) is 18.7 Å². The first-order valence-electron chi connectivity index (χ1n) is 10.8. The molecule has 0 unspecified atom stereocenters. The number of amides is 1. The number of hydrogen-bond donors (Lipinski definition) is 1. The lowest BCUT2D eigenvalue weighted by Crippen LogP contribution is -2.38. The highest BCUT2D eigenvalue weighted by molar-refractivity contribution is 8.18. The van der Waals surface area contributed by atoms with Gasteiger partial charge in [-0.2, -0.15) is 4.99 Å². The highest BCUT2D eigenvalue weighted by Crippen LogP contribution is 2.39. The first kappa shape index (κ1) is 22.6. The minimum atomic E-state index is -0.632. The standard InChI is InChI=1S/C25H27FN2O3S/c1-4-25(2,3)19-14-18(15-20(26)22(19)29)17-7-5-6-16(12-17)13-21-23(30)27-24(32-21)28-8-10-31-11-9-28/h5-7,12-15,29H,4,8-11H2,1-3H3/b21-13-. The summed E-state index contributed by atoms with van der Waals surface area (Å²) in [6.45, 7) is 8.71. The van der Waals surface area contributed by atoms with Gasteiger partial charge in [0.2, 0.25) is 0 Å². The number of aliphatic imine (C=N–C) groups is 1. The molecule has 0 aromatic heterocycles. The predicted octanol–water partition coefficient (Wildman–Crippen LogP) is 5.19. The maximum Gasteiger partial charge on any atom is 0.286 e. The van der Waals surface area contributed by atoms with Crippen LogP contribution in [0, 0.1) is 5.82 Å². The summed E-state index contributed by atoms with van der Waals surface area (Å²) in [5, 5.41) is 11.0. The molecular weight excluding hydrogens is 427 g/mol. The third-order valence-corrected chi connectivity index (χ3v) is 7.13. The van der Waals surface area contributed by atoms with Gasteiger partial charge in [-0.15, -0.1) is 0 Å². The number of nitrogens with zero attached hydrogens (tertiary/aromatic N) is 2. The number of carbonyl (C=O) groups excluding carboxylic acids is 1. The first-order valence-corrected chi connectivity index (χ1v) is 11.6. The minimum Gasteiger partial charge on any atom is -0.505 e. The van der Waals surface area contributed by atoms with Gasteiger partial charge in [0.05, 0.1) is 18.1 Å². The summed E-state index contributed by atoms with van der Waals surface area (Å²) < 4.78 is 19.9. The van der Waals surface area contributed by atoms with Crippen molar-refractivity contribution in [2.24, 2.45) is 4.99 Å². The molecule has 1 amide bonds. The Hall–Kier alpha value is -2.64. The van der Waals surface area contributed by atoms with Crippen molar-refractivity contribution in [1.82, 2.24) is 4.90 Å². The van der Waals surface area contributed by atoms with E-state index in [0.717, 1.165) is 30.6 Å². The summed E-state index contributed by atoms with van der Waals surface area (Å²) in [5.74, 6) is -1.17. The number of ether oxygens (including phenoxy) is 1. The molecule has 2 heterocycles. The Labute approximate surface area is 192 Å². The zero-order chi connectivity index (χ0) is 22.9. The number of aromatic hydroxyl groups is 1. The van der Waals surface area contributed by atoms with Crippen LogP contribution in [-0.4, -0.2) is 47.4 Å². The quantitative estimate of drug-likeness (QED) is 0.645. The van der Waals surface area contributed by atoms with Crippen LogP contribution in [0.3, 0.4) is 0 Å². The molecule has 2 aromatic carbocycles. The van der Waals surface area contributed by atoms with Crippen molar-refractivity contribution in [2.45, 2.75) is 32.6 Å². The second-order valence-electron chi connectivity index (χ2n) is 8.63. The monoisotopic (exact) mass is 454 g/mol. The van der Waals surface area contributed by atoms with Crippen molar-refractivity contribution in [3.63, 3.8) is 0 Å². The largest absolute Gasteiger partial charge is 0.505 e. The molecule has 0 saturated carbocycles. The second-order valence-corrected chi connectivity index (χ2v) is 9.64. The smallest absolute Gasteiger partial charge is 0.286 e. The van der Waals surface area contributed by atoms with Crippen molar-refractivity contribution < 1.29 is 19.0 Å². The van der Waals surface area contributed by atoms with Crippen molar-refractivity contribution in [3.05, 3.63) is 58.2 Å². The lowest BCUT2D eigenvalue weighted by Gasteiger charge is -2.27. The van der Waals surface area contributed by atoms with Crippen molar-refractivity contribution in [3.8, 4) is 16.9 Å². The Bertz CT molecular complexity index is 1100. The Balaban J connectivity index is 1.62. The molecule has 168 valence electrons. The Kier molecular flexibility index (Phi) is 6.40. The third kappa shape index (κ3) is 4.59. The fourth-order valence-corrected chi connectivity index (χ4v) is 4.68. The third-order valence-electron chi connectivity index (χ3n) is 6.08. The van der Waals surface area contributed by atoms with Gasteiger partial charge in [0.1, 0.15) is 0 Å². The fourth-order valence-electron chi connectivity index (χ4n) is 3.72. The SMILES string of the molecule is CCC(C)(C)c1cc(-c2cccc(/C=C3\SC(N4CCOCC4)=NC3=O)c2)cc(F)c1O. The van der Waals surface area contributed by atoms with E-state index in [9.17, 15) is 14.3 Å². The number of halogens is 1. The van der Waals surface area contributed by atoms with Crippen LogP contribution in [-0.2, 0) is 14.9 Å². The van der Waals surface area contributed by atoms with E-state index in [4.69, 9.17) is 4.74 Å². The molecule has 1 N–H and O–H groups in total. The first-order chi connectivity index (χ1) is 15.3. The van der Waals surface area contributed by atoms with Gasteiger partial charge in [-0.3, -0.25) is 4.79 Å². The van der Waals surface area contributed by atoms with E-state index in [2.05, 4.69) is 9.89 Å². The van der Waals surface area contributed by atoms with Crippen molar-refractivity contribution >= 4 is 28.9 Å². The fraction of sp³-hybridized carbons (Fsp3) is 0.360. The summed E-state index contributed by atoms with van der Waals surface area (Å²) in [4.78, 5) is 19.3.